The number of ether oxygens (including phenoxy) is 2. The minimum atomic E-state index is -4.55. The third kappa shape index (κ3) is 6.72. The standard InChI is InChI=1S/C22H23F3N4O3S/c1-3-26-20-15-6-4-5-7-16(15)28-21(29-20)33-13-19(30)27-17-12-14(22(23,24)25)8-9-18(17)32-11-10-31-2/h4-9,12H,3,10-11,13H2,1-2H3,(H,27,30)(H,26,28,29). The van der Waals surface area contributed by atoms with Crippen LogP contribution in [0.2, 0.25) is 0 Å². The minimum absolute atomic E-state index is 0.0701. The molecule has 0 radical (unpaired) electrons. The number of hydrogen-bond acceptors (Lipinski definition) is 7. The molecule has 0 saturated carbocycles. The van der Waals surface area contributed by atoms with Crippen molar-refractivity contribution in [3.63, 3.8) is 0 Å². The Morgan fingerprint density at radius 1 is 1.12 bits per heavy atom. The zero-order chi connectivity index (χ0) is 23.8. The number of amides is 1. The van der Waals surface area contributed by atoms with Crippen LogP contribution in [0.3, 0.4) is 0 Å². The van der Waals surface area contributed by atoms with Crippen molar-refractivity contribution < 1.29 is 27.4 Å². The van der Waals surface area contributed by atoms with Crippen LogP contribution in [0, 0.1) is 0 Å². The molecule has 0 aliphatic carbocycles. The number of benzene rings is 2. The fourth-order valence-corrected chi connectivity index (χ4v) is 3.55. The summed E-state index contributed by atoms with van der Waals surface area (Å²) in [5.41, 5.74) is -0.241. The highest BCUT2D eigenvalue weighted by Gasteiger charge is 2.31. The highest BCUT2D eigenvalue weighted by Crippen LogP contribution is 2.35. The largest absolute Gasteiger partial charge is 0.489 e. The van der Waals surface area contributed by atoms with Crippen LogP contribution in [0.15, 0.2) is 47.6 Å². The van der Waals surface area contributed by atoms with Crippen molar-refractivity contribution in [3.05, 3.63) is 48.0 Å². The van der Waals surface area contributed by atoms with Crippen LogP contribution >= 0.6 is 11.8 Å². The number of thioether (sulfide) groups is 1. The van der Waals surface area contributed by atoms with E-state index in [4.69, 9.17) is 9.47 Å². The average molecular weight is 481 g/mol. The van der Waals surface area contributed by atoms with Crippen molar-refractivity contribution in [1.29, 1.82) is 0 Å². The van der Waals surface area contributed by atoms with Crippen molar-refractivity contribution in [1.82, 2.24) is 9.97 Å². The van der Waals surface area contributed by atoms with Crippen LogP contribution in [-0.2, 0) is 15.7 Å². The Labute approximate surface area is 193 Å². The molecular weight excluding hydrogens is 457 g/mol. The predicted octanol–water partition coefficient (Wildman–Crippen LogP) is 4.84. The zero-order valence-corrected chi connectivity index (χ0v) is 18.8. The second kappa shape index (κ2) is 11.2. The summed E-state index contributed by atoms with van der Waals surface area (Å²) in [6.45, 7) is 2.97. The van der Waals surface area contributed by atoms with E-state index in [-0.39, 0.29) is 30.4 Å². The number of hydrogen-bond donors (Lipinski definition) is 2. The molecule has 0 aliphatic heterocycles. The van der Waals surface area contributed by atoms with Gasteiger partial charge in [0.15, 0.2) is 5.16 Å². The molecule has 3 aromatic rings. The molecule has 3 rings (SSSR count). The van der Waals surface area contributed by atoms with Crippen molar-refractivity contribution in [2.24, 2.45) is 0 Å². The molecular formula is C22H23F3N4O3S. The fraction of sp³-hybridized carbons (Fsp3) is 0.318. The number of halogens is 3. The number of anilines is 2. The van der Waals surface area contributed by atoms with Crippen LogP contribution in [0.4, 0.5) is 24.7 Å². The highest BCUT2D eigenvalue weighted by molar-refractivity contribution is 7.99. The SMILES string of the molecule is CCNc1nc(SCC(=O)Nc2cc(C(F)(F)F)ccc2OCCOC)nc2ccccc12. The van der Waals surface area contributed by atoms with Crippen LogP contribution in [-0.4, -0.2) is 48.5 Å². The summed E-state index contributed by atoms with van der Waals surface area (Å²) in [7, 11) is 1.48. The normalized spacial score (nSPS) is 11.4. The lowest BCUT2D eigenvalue weighted by atomic mass is 10.1. The van der Waals surface area contributed by atoms with Gasteiger partial charge in [-0.05, 0) is 37.3 Å². The molecule has 0 spiro atoms. The van der Waals surface area contributed by atoms with Crippen LogP contribution < -0.4 is 15.4 Å². The summed E-state index contributed by atoms with van der Waals surface area (Å²) in [6.07, 6.45) is -4.55. The van der Waals surface area contributed by atoms with E-state index in [2.05, 4.69) is 20.6 Å². The quantitative estimate of drug-likeness (QED) is 0.244. The molecule has 11 heteroatoms. The Balaban J connectivity index is 1.75. The summed E-state index contributed by atoms with van der Waals surface area (Å²) in [4.78, 5) is 21.5. The van der Waals surface area contributed by atoms with Crippen molar-refractivity contribution in [2.75, 3.05) is 43.3 Å². The molecule has 1 aromatic heterocycles. The number of aromatic nitrogens is 2. The highest BCUT2D eigenvalue weighted by atomic mass is 32.2. The first-order valence-corrected chi connectivity index (χ1v) is 11.1. The van der Waals surface area contributed by atoms with Gasteiger partial charge in [-0.2, -0.15) is 13.2 Å². The van der Waals surface area contributed by atoms with E-state index >= 15 is 0 Å². The van der Waals surface area contributed by atoms with Gasteiger partial charge >= 0.3 is 6.18 Å². The first kappa shape index (κ1) is 24.6. The lowest BCUT2D eigenvalue weighted by molar-refractivity contribution is -0.137. The van der Waals surface area contributed by atoms with Gasteiger partial charge in [0, 0.05) is 19.0 Å². The first-order valence-electron chi connectivity index (χ1n) is 10.1. The number of nitrogens with zero attached hydrogens (tertiary/aromatic N) is 2. The smallest absolute Gasteiger partial charge is 0.416 e. The molecule has 2 N–H and O–H groups in total. The second-order valence-corrected chi connectivity index (χ2v) is 7.73. The molecule has 0 saturated heterocycles. The van der Waals surface area contributed by atoms with Crippen molar-refractivity contribution in [2.45, 2.75) is 18.3 Å². The number of carbonyl (C=O) groups is 1. The Bertz CT molecular complexity index is 1110. The lowest BCUT2D eigenvalue weighted by Crippen LogP contribution is -2.17. The molecule has 0 bridgehead atoms. The van der Waals surface area contributed by atoms with E-state index in [0.717, 1.165) is 34.8 Å². The molecule has 33 heavy (non-hydrogen) atoms. The maximum atomic E-state index is 13.1. The number of nitrogens with one attached hydrogen (secondary N) is 2. The van der Waals surface area contributed by atoms with Crippen LogP contribution in [0.5, 0.6) is 5.75 Å². The average Bonchev–Trinajstić information content (AvgIpc) is 2.78. The van der Waals surface area contributed by atoms with Gasteiger partial charge in [-0.3, -0.25) is 4.79 Å². The molecule has 0 fully saturated rings. The molecule has 0 atom stereocenters. The van der Waals surface area contributed by atoms with Crippen molar-refractivity contribution >= 4 is 40.1 Å². The molecule has 176 valence electrons. The van der Waals surface area contributed by atoms with E-state index in [1.807, 2.05) is 31.2 Å². The van der Waals surface area contributed by atoms with Crippen LogP contribution in [0.25, 0.3) is 10.9 Å². The number of para-hydroxylation sites is 1. The molecule has 1 heterocycles. The second-order valence-electron chi connectivity index (χ2n) is 6.79. The van der Waals surface area contributed by atoms with Crippen molar-refractivity contribution in [3.8, 4) is 5.75 Å². The zero-order valence-electron chi connectivity index (χ0n) is 18.0. The molecule has 0 unspecified atom stereocenters. The van der Waals surface area contributed by atoms with Crippen LogP contribution in [0.1, 0.15) is 12.5 Å². The number of rotatable bonds is 10. The van der Waals surface area contributed by atoms with Gasteiger partial charge in [-0.1, -0.05) is 23.9 Å². The van der Waals surface area contributed by atoms with Gasteiger partial charge in [0.2, 0.25) is 5.91 Å². The third-order valence-corrected chi connectivity index (χ3v) is 5.23. The Hall–Kier alpha value is -3.05. The molecule has 1 amide bonds. The summed E-state index contributed by atoms with van der Waals surface area (Å²) in [5.74, 6) is 0.155. The van der Waals surface area contributed by atoms with E-state index in [0.29, 0.717) is 17.5 Å². The van der Waals surface area contributed by atoms with Gasteiger partial charge < -0.3 is 20.1 Å². The maximum absolute atomic E-state index is 13.1. The van der Waals surface area contributed by atoms with Gasteiger partial charge in [0.25, 0.3) is 0 Å². The van der Waals surface area contributed by atoms with E-state index in [1.54, 1.807) is 0 Å². The van der Waals surface area contributed by atoms with Gasteiger partial charge in [0.1, 0.15) is 18.2 Å². The molecule has 0 aliphatic rings. The number of methoxy groups -OCH3 is 1. The summed E-state index contributed by atoms with van der Waals surface area (Å²) in [5, 5.41) is 6.90. The van der Waals surface area contributed by atoms with Gasteiger partial charge in [0.05, 0.1) is 29.1 Å². The topological polar surface area (TPSA) is 85.4 Å². The Kier molecular flexibility index (Phi) is 8.34. The first-order chi connectivity index (χ1) is 15.8. The summed E-state index contributed by atoms with van der Waals surface area (Å²) in [6, 6.07) is 10.4. The maximum Gasteiger partial charge on any atom is 0.416 e. The molecule has 2 aromatic carbocycles. The van der Waals surface area contributed by atoms with E-state index in [9.17, 15) is 18.0 Å². The Morgan fingerprint density at radius 3 is 2.64 bits per heavy atom. The molecule has 7 nitrogen and oxygen atoms in total. The third-order valence-electron chi connectivity index (χ3n) is 4.39. The van der Waals surface area contributed by atoms with Gasteiger partial charge in [-0.15, -0.1) is 0 Å². The number of alkyl halides is 3. The minimum Gasteiger partial charge on any atom is -0.489 e. The van der Waals surface area contributed by atoms with E-state index < -0.39 is 17.6 Å². The summed E-state index contributed by atoms with van der Waals surface area (Å²) < 4.78 is 49.8. The lowest BCUT2D eigenvalue weighted by Gasteiger charge is -2.15. The Morgan fingerprint density at radius 2 is 1.91 bits per heavy atom. The monoisotopic (exact) mass is 480 g/mol. The number of carbonyl (C=O) groups excluding carboxylic acids is 1. The van der Waals surface area contributed by atoms with Gasteiger partial charge in [-0.25, -0.2) is 9.97 Å². The summed E-state index contributed by atoms with van der Waals surface area (Å²) >= 11 is 1.08. The fourth-order valence-electron chi connectivity index (χ4n) is 2.90. The predicted molar refractivity (Wildman–Crippen MR) is 122 cm³/mol. The van der Waals surface area contributed by atoms with E-state index in [1.165, 1.54) is 13.2 Å². The number of fused-ring (bicyclic) bond motifs is 1.